The Bertz CT molecular complexity index is 263. The first-order valence-electron chi connectivity index (χ1n) is 3.59. The van der Waals surface area contributed by atoms with E-state index in [1.165, 1.54) is 21.5 Å². The van der Waals surface area contributed by atoms with Crippen molar-refractivity contribution in [2.24, 2.45) is 0 Å². The van der Waals surface area contributed by atoms with E-state index < -0.39 is 0 Å². The number of thioether (sulfide) groups is 1. The third kappa shape index (κ3) is 1.38. The second-order valence-corrected chi connectivity index (χ2v) is 6.38. The van der Waals surface area contributed by atoms with Gasteiger partial charge in [-0.05, 0) is 41.1 Å². The number of hydrogen-bond acceptors (Lipinski definition) is 2. The molecule has 0 spiro atoms. The molecule has 11 heavy (non-hydrogen) atoms. The van der Waals surface area contributed by atoms with Gasteiger partial charge in [-0.25, -0.2) is 0 Å². The minimum absolute atomic E-state index is 0.441. The molecule has 0 aliphatic carbocycles. The molecule has 0 N–H and O–H groups in total. The van der Waals surface area contributed by atoms with Crippen molar-refractivity contribution in [2.45, 2.75) is 18.1 Å². The summed E-state index contributed by atoms with van der Waals surface area (Å²) in [6, 6.07) is 2.25. The Kier molecular flexibility index (Phi) is 2.06. The first-order valence-corrected chi connectivity index (χ1v) is 6.25. The van der Waals surface area contributed by atoms with Crippen molar-refractivity contribution in [1.29, 1.82) is 0 Å². The van der Waals surface area contributed by atoms with Gasteiger partial charge >= 0.3 is 0 Å². The number of halogens is 1. The summed E-state index contributed by atoms with van der Waals surface area (Å²) in [6.45, 7) is 2.33. The zero-order valence-corrected chi connectivity index (χ0v) is 9.48. The maximum absolute atomic E-state index is 3.48. The zero-order chi connectivity index (χ0) is 7.90. The molecular formula is C8H9BrS2. The Morgan fingerprint density at radius 1 is 1.64 bits per heavy atom. The summed E-state index contributed by atoms with van der Waals surface area (Å²) in [7, 11) is 0. The van der Waals surface area contributed by atoms with E-state index in [1.54, 1.807) is 0 Å². The fraction of sp³-hybridized carbons (Fsp3) is 0.500. The van der Waals surface area contributed by atoms with Crippen LogP contribution in [0.1, 0.15) is 18.2 Å². The van der Waals surface area contributed by atoms with E-state index in [9.17, 15) is 0 Å². The van der Waals surface area contributed by atoms with Gasteiger partial charge in [0.25, 0.3) is 0 Å². The molecule has 0 radical (unpaired) electrons. The Balaban J connectivity index is 2.28. The monoisotopic (exact) mass is 248 g/mol. The molecule has 0 saturated carbocycles. The van der Waals surface area contributed by atoms with Gasteiger partial charge < -0.3 is 0 Å². The summed E-state index contributed by atoms with van der Waals surface area (Å²) in [4.78, 5) is 1.51. The quantitative estimate of drug-likeness (QED) is 0.728. The molecule has 1 fully saturated rings. The summed E-state index contributed by atoms with van der Waals surface area (Å²) < 4.78 is 1.67. The molecule has 3 heteroatoms. The smallest absolute Gasteiger partial charge is 0.0481 e. The average Bonchev–Trinajstić information content (AvgIpc) is 2.31. The normalized spacial score (nSPS) is 30.0. The molecule has 1 aromatic rings. The second-order valence-electron chi connectivity index (χ2n) is 2.96. The standard InChI is InChI=1S/C8H9BrS2/c1-8(2-3-11-8)7-4-6(9)5-10-7/h4-5H,2-3H2,1H3. The van der Waals surface area contributed by atoms with E-state index in [0.29, 0.717) is 4.75 Å². The Labute approximate surface area is 83.5 Å². The van der Waals surface area contributed by atoms with Gasteiger partial charge in [0.05, 0.1) is 0 Å². The predicted molar refractivity (Wildman–Crippen MR) is 56.4 cm³/mol. The van der Waals surface area contributed by atoms with Crippen molar-refractivity contribution >= 4 is 39.0 Å². The zero-order valence-electron chi connectivity index (χ0n) is 6.26. The van der Waals surface area contributed by atoms with Gasteiger partial charge in [-0.1, -0.05) is 0 Å². The van der Waals surface area contributed by atoms with Crippen LogP contribution >= 0.6 is 39.0 Å². The van der Waals surface area contributed by atoms with E-state index in [1.807, 2.05) is 11.3 Å². The van der Waals surface area contributed by atoms with E-state index in [0.717, 1.165) is 0 Å². The molecule has 0 amide bonds. The fourth-order valence-electron chi connectivity index (χ4n) is 1.19. The summed E-state index contributed by atoms with van der Waals surface area (Å²) in [6.07, 6.45) is 1.34. The molecule has 1 atom stereocenters. The van der Waals surface area contributed by atoms with E-state index in [2.05, 4.69) is 46.1 Å². The summed E-state index contributed by atoms with van der Waals surface area (Å²) in [5, 5.41) is 2.17. The SMILES string of the molecule is CC1(c2cc(Br)cs2)CCS1. The van der Waals surface area contributed by atoms with Crippen LogP contribution in [-0.2, 0) is 4.75 Å². The highest BCUT2D eigenvalue weighted by atomic mass is 79.9. The second kappa shape index (κ2) is 2.79. The highest BCUT2D eigenvalue weighted by Gasteiger charge is 2.35. The Morgan fingerprint density at radius 3 is 2.73 bits per heavy atom. The first-order chi connectivity index (χ1) is 5.21. The number of thiophene rings is 1. The van der Waals surface area contributed by atoms with Crippen molar-refractivity contribution < 1.29 is 0 Å². The molecule has 60 valence electrons. The third-order valence-corrected chi connectivity index (χ3v) is 5.64. The van der Waals surface area contributed by atoms with Crippen LogP contribution in [0.2, 0.25) is 0 Å². The lowest BCUT2D eigenvalue weighted by Crippen LogP contribution is -2.26. The lowest BCUT2D eigenvalue weighted by molar-refractivity contribution is 0.638. The predicted octanol–water partition coefficient (Wildman–Crippen LogP) is 3.86. The fourth-order valence-corrected chi connectivity index (χ4v) is 4.05. The lowest BCUT2D eigenvalue weighted by Gasteiger charge is -2.36. The largest absolute Gasteiger partial charge is 0.150 e. The topological polar surface area (TPSA) is 0 Å². The van der Waals surface area contributed by atoms with Crippen LogP contribution in [0.25, 0.3) is 0 Å². The van der Waals surface area contributed by atoms with Gasteiger partial charge in [-0.2, -0.15) is 0 Å². The van der Waals surface area contributed by atoms with Crippen molar-refractivity contribution in [3.63, 3.8) is 0 Å². The van der Waals surface area contributed by atoms with Crippen molar-refractivity contribution in [1.82, 2.24) is 0 Å². The number of hydrogen-bond donors (Lipinski definition) is 0. The summed E-state index contributed by atoms with van der Waals surface area (Å²) in [5.74, 6) is 1.33. The minimum atomic E-state index is 0.441. The molecule has 0 bridgehead atoms. The lowest BCUT2D eigenvalue weighted by atomic mass is 10.1. The van der Waals surface area contributed by atoms with Crippen LogP contribution in [0.5, 0.6) is 0 Å². The molecular weight excluding hydrogens is 240 g/mol. The Hall–Kier alpha value is 0.530. The molecule has 1 aliphatic rings. The molecule has 2 rings (SSSR count). The molecule has 1 unspecified atom stereocenters. The van der Waals surface area contributed by atoms with Gasteiger partial charge in [-0.15, -0.1) is 23.1 Å². The van der Waals surface area contributed by atoms with Crippen molar-refractivity contribution in [3.05, 3.63) is 20.8 Å². The van der Waals surface area contributed by atoms with E-state index in [4.69, 9.17) is 0 Å². The van der Waals surface area contributed by atoms with E-state index >= 15 is 0 Å². The molecule has 1 aliphatic heterocycles. The van der Waals surface area contributed by atoms with Crippen molar-refractivity contribution in [3.8, 4) is 0 Å². The van der Waals surface area contributed by atoms with Crippen LogP contribution < -0.4 is 0 Å². The van der Waals surface area contributed by atoms with Gasteiger partial charge in [0.1, 0.15) is 0 Å². The summed E-state index contributed by atoms with van der Waals surface area (Å²) in [5.41, 5.74) is 0. The molecule has 0 aromatic carbocycles. The van der Waals surface area contributed by atoms with Crippen LogP contribution in [0.15, 0.2) is 15.9 Å². The van der Waals surface area contributed by atoms with Gasteiger partial charge in [0.2, 0.25) is 0 Å². The first kappa shape index (κ1) is 8.14. The maximum atomic E-state index is 3.48. The van der Waals surface area contributed by atoms with Crippen LogP contribution in [-0.4, -0.2) is 5.75 Å². The van der Waals surface area contributed by atoms with Crippen LogP contribution in [0.3, 0.4) is 0 Å². The van der Waals surface area contributed by atoms with Gasteiger partial charge in [0.15, 0.2) is 0 Å². The number of rotatable bonds is 1. The van der Waals surface area contributed by atoms with Crippen LogP contribution in [0, 0.1) is 0 Å². The van der Waals surface area contributed by atoms with Gasteiger partial charge in [-0.3, -0.25) is 0 Å². The summed E-state index contributed by atoms with van der Waals surface area (Å²) >= 11 is 7.41. The molecule has 1 aromatic heterocycles. The van der Waals surface area contributed by atoms with Crippen molar-refractivity contribution in [2.75, 3.05) is 5.75 Å². The molecule has 0 nitrogen and oxygen atoms in total. The van der Waals surface area contributed by atoms with Gasteiger partial charge in [0, 0.05) is 19.5 Å². The van der Waals surface area contributed by atoms with Crippen LogP contribution in [0.4, 0.5) is 0 Å². The highest BCUT2D eigenvalue weighted by molar-refractivity contribution is 9.10. The average molecular weight is 249 g/mol. The van der Waals surface area contributed by atoms with E-state index in [-0.39, 0.29) is 0 Å². The Morgan fingerprint density at radius 2 is 2.36 bits per heavy atom. The minimum Gasteiger partial charge on any atom is -0.150 e. The maximum Gasteiger partial charge on any atom is 0.0481 e. The third-order valence-electron chi connectivity index (χ3n) is 2.09. The highest BCUT2D eigenvalue weighted by Crippen LogP contribution is 2.51. The molecule has 1 saturated heterocycles. The molecule has 2 heterocycles.